The Morgan fingerprint density at radius 2 is 2.12 bits per heavy atom. The van der Waals surface area contributed by atoms with Crippen molar-refractivity contribution in [2.75, 3.05) is 7.11 Å². The minimum Gasteiger partial charge on any atom is -0.488 e. The molecule has 0 saturated carbocycles. The van der Waals surface area contributed by atoms with Gasteiger partial charge < -0.3 is 9.84 Å². The highest BCUT2D eigenvalue weighted by Gasteiger charge is 2.54. The molecule has 136 valence electrons. The number of nitrogens with zero attached hydrogens (tertiary/aromatic N) is 2. The van der Waals surface area contributed by atoms with Crippen molar-refractivity contribution >= 4 is 21.7 Å². The number of halogens is 1. The number of benzene rings is 1. The van der Waals surface area contributed by atoms with Crippen LogP contribution >= 0.6 is 0 Å². The van der Waals surface area contributed by atoms with Crippen molar-refractivity contribution in [3.63, 3.8) is 0 Å². The highest BCUT2D eigenvalue weighted by molar-refractivity contribution is 7.89. The molecule has 0 amide bonds. The van der Waals surface area contributed by atoms with Crippen LogP contribution in [0.2, 0.25) is 0 Å². The number of nitro benzene ring substituents is 1. The van der Waals surface area contributed by atoms with Gasteiger partial charge in [-0.2, -0.15) is 4.31 Å². The van der Waals surface area contributed by atoms with E-state index in [9.17, 15) is 32.8 Å². The molecule has 11 heteroatoms. The number of aliphatic carboxylic acids is 1. The first-order chi connectivity index (χ1) is 11.7. The SMILES string of the molecule is COc1c(F)cc(S(=O)(=O)N2C3CCC2C(C(=O)O)C3)cc1[N+](=O)[O-]. The number of nitro groups is 1. The zero-order valence-electron chi connectivity index (χ0n) is 13.1. The number of carboxylic acids is 1. The maximum absolute atomic E-state index is 14.1. The van der Waals surface area contributed by atoms with E-state index in [2.05, 4.69) is 4.74 Å². The van der Waals surface area contributed by atoms with Crippen LogP contribution in [-0.2, 0) is 14.8 Å². The number of carbonyl (C=O) groups is 1. The van der Waals surface area contributed by atoms with Crippen LogP contribution in [0.4, 0.5) is 10.1 Å². The predicted octanol–water partition coefficient (Wildman–Crippen LogP) is 1.37. The van der Waals surface area contributed by atoms with Crippen LogP contribution in [0.5, 0.6) is 5.75 Å². The van der Waals surface area contributed by atoms with Crippen LogP contribution in [-0.4, -0.2) is 47.9 Å². The molecule has 0 radical (unpaired) electrons. The molecule has 3 atom stereocenters. The fraction of sp³-hybridized carbons (Fsp3) is 0.500. The van der Waals surface area contributed by atoms with Crippen LogP contribution in [0, 0.1) is 21.8 Å². The topological polar surface area (TPSA) is 127 Å². The van der Waals surface area contributed by atoms with Crippen molar-refractivity contribution < 1.29 is 32.4 Å². The van der Waals surface area contributed by atoms with Gasteiger partial charge in [0.05, 0.1) is 22.8 Å². The molecule has 2 heterocycles. The van der Waals surface area contributed by atoms with Gasteiger partial charge in [-0.05, 0) is 25.3 Å². The third kappa shape index (κ3) is 2.63. The molecule has 2 bridgehead atoms. The van der Waals surface area contributed by atoms with Crippen molar-refractivity contribution in [1.29, 1.82) is 0 Å². The molecule has 25 heavy (non-hydrogen) atoms. The minimum absolute atomic E-state index is 0.181. The highest BCUT2D eigenvalue weighted by Crippen LogP contribution is 2.46. The Morgan fingerprint density at radius 3 is 2.64 bits per heavy atom. The molecule has 1 aromatic carbocycles. The number of methoxy groups -OCH3 is 1. The van der Waals surface area contributed by atoms with E-state index < -0.39 is 61.1 Å². The smallest absolute Gasteiger partial charge is 0.315 e. The van der Waals surface area contributed by atoms with E-state index in [0.29, 0.717) is 18.9 Å². The lowest BCUT2D eigenvalue weighted by Crippen LogP contribution is -2.37. The monoisotopic (exact) mass is 374 g/mol. The minimum atomic E-state index is -4.27. The van der Waals surface area contributed by atoms with Crippen LogP contribution in [0.15, 0.2) is 17.0 Å². The number of hydrogen-bond acceptors (Lipinski definition) is 6. The molecule has 2 aliphatic heterocycles. The number of fused-ring (bicyclic) bond motifs is 2. The fourth-order valence-corrected chi connectivity index (χ4v) is 5.69. The van der Waals surface area contributed by atoms with Crippen molar-refractivity contribution in [1.82, 2.24) is 4.31 Å². The second-order valence-electron chi connectivity index (χ2n) is 6.03. The Hall–Kier alpha value is -2.27. The van der Waals surface area contributed by atoms with Gasteiger partial charge in [0.15, 0.2) is 5.82 Å². The van der Waals surface area contributed by atoms with E-state index in [-0.39, 0.29) is 6.42 Å². The van der Waals surface area contributed by atoms with Crippen molar-refractivity contribution in [2.45, 2.75) is 36.2 Å². The van der Waals surface area contributed by atoms with E-state index in [4.69, 9.17) is 0 Å². The zero-order chi connectivity index (χ0) is 18.5. The molecule has 1 N–H and O–H groups in total. The summed E-state index contributed by atoms with van der Waals surface area (Å²) in [5, 5.41) is 20.3. The average molecular weight is 374 g/mol. The molecule has 9 nitrogen and oxygen atoms in total. The molecule has 3 unspecified atom stereocenters. The molecule has 2 saturated heterocycles. The Morgan fingerprint density at radius 1 is 1.44 bits per heavy atom. The molecule has 2 fully saturated rings. The van der Waals surface area contributed by atoms with Crippen LogP contribution < -0.4 is 4.74 Å². The number of carboxylic acid groups (broad SMARTS) is 1. The Balaban J connectivity index is 2.07. The summed E-state index contributed by atoms with van der Waals surface area (Å²) >= 11 is 0. The van der Waals surface area contributed by atoms with Crippen LogP contribution in [0.25, 0.3) is 0 Å². The Bertz CT molecular complexity index is 857. The molecule has 3 rings (SSSR count). The van der Waals surface area contributed by atoms with E-state index in [0.717, 1.165) is 17.5 Å². The van der Waals surface area contributed by atoms with Crippen molar-refractivity contribution in [2.24, 2.45) is 5.92 Å². The van der Waals surface area contributed by atoms with Gasteiger partial charge in [-0.1, -0.05) is 0 Å². The largest absolute Gasteiger partial charge is 0.488 e. The van der Waals surface area contributed by atoms with Gasteiger partial charge in [0.25, 0.3) is 0 Å². The zero-order valence-corrected chi connectivity index (χ0v) is 13.9. The Labute approximate surface area is 142 Å². The van der Waals surface area contributed by atoms with Gasteiger partial charge in [0.1, 0.15) is 0 Å². The van der Waals surface area contributed by atoms with Crippen LogP contribution in [0.1, 0.15) is 19.3 Å². The summed E-state index contributed by atoms with van der Waals surface area (Å²) in [5.41, 5.74) is -0.803. The molecule has 0 aromatic heterocycles. The summed E-state index contributed by atoms with van der Waals surface area (Å²) in [7, 11) is -3.24. The number of rotatable bonds is 5. The standard InChI is InChI=1S/C14H15FN2O7S/c1-24-13-10(15)5-8(6-12(13)17(20)21)25(22,23)16-7-2-3-11(16)9(4-7)14(18)19/h5-7,9,11H,2-4H2,1H3,(H,18,19). The number of ether oxygens (including phenoxy) is 1. The lowest BCUT2D eigenvalue weighted by molar-refractivity contribution is -0.386. The first kappa shape index (κ1) is 17.5. The predicted molar refractivity (Wildman–Crippen MR) is 81.2 cm³/mol. The first-order valence-corrected chi connectivity index (χ1v) is 8.90. The molecule has 1 aromatic rings. The second-order valence-corrected chi connectivity index (χ2v) is 7.87. The maximum atomic E-state index is 14.1. The van der Waals surface area contributed by atoms with Gasteiger partial charge in [0.2, 0.25) is 15.8 Å². The van der Waals surface area contributed by atoms with E-state index in [1.165, 1.54) is 0 Å². The highest BCUT2D eigenvalue weighted by atomic mass is 32.2. The van der Waals surface area contributed by atoms with Gasteiger partial charge in [0, 0.05) is 18.2 Å². The Kier molecular flexibility index (Phi) is 4.15. The van der Waals surface area contributed by atoms with Crippen LogP contribution in [0.3, 0.4) is 0 Å². The summed E-state index contributed by atoms with van der Waals surface area (Å²) in [6, 6.07) is 0.177. The van der Waals surface area contributed by atoms with Gasteiger partial charge in [-0.3, -0.25) is 14.9 Å². The van der Waals surface area contributed by atoms with Gasteiger partial charge in [-0.25, -0.2) is 12.8 Å². The lowest BCUT2D eigenvalue weighted by atomic mass is 9.89. The molecular weight excluding hydrogens is 359 g/mol. The molecule has 0 spiro atoms. The quantitative estimate of drug-likeness (QED) is 0.609. The summed E-state index contributed by atoms with van der Waals surface area (Å²) in [6.45, 7) is 0. The average Bonchev–Trinajstić information content (AvgIpc) is 3.12. The molecule has 0 aliphatic carbocycles. The third-order valence-electron chi connectivity index (χ3n) is 4.76. The lowest BCUT2D eigenvalue weighted by Gasteiger charge is -2.22. The van der Waals surface area contributed by atoms with Gasteiger partial charge >= 0.3 is 11.7 Å². The van der Waals surface area contributed by atoms with Crippen molar-refractivity contribution in [3.05, 3.63) is 28.1 Å². The molecular formula is C14H15FN2O7S. The fourth-order valence-electron chi connectivity index (χ4n) is 3.74. The second kappa shape index (κ2) is 5.92. The third-order valence-corrected chi connectivity index (χ3v) is 6.72. The number of hydrogen-bond donors (Lipinski definition) is 1. The normalized spacial score (nSPS) is 25.9. The summed E-state index contributed by atoms with van der Waals surface area (Å²) in [5.74, 6) is -3.74. The van der Waals surface area contributed by atoms with E-state index in [1.54, 1.807) is 0 Å². The summed E-state index contributed by atoms with van der Waals surface area (Å²) < 4.78 is 45.6. The van der Waals surface area contributed by atoms with E-state index in [1.807, 2.05) is 0 Å². The summed E-state index contributed by atoms with van der Waals surface area (Å²) in [4.78, 5) is 20.9. The molecule has 2 aliphatic rings. The van der Waals surface area contributed by atoms with Gasteiger partial charge in [-0.15, -0.1) is 0 Å². The maximum Gasteiger partial charge on any atom is 0.315 e. The first-order valence-electron chi connectivity index (χ1n) is 7.46. The number of sulfonamides is 1. The van der Waals surface area contributed by atoms with Crippen molar-refractivity contribution in [3.8, 4) is 5.75 Å². The summed E-state index contributed by atoms with van der Waals surface area (Å²) in [6.07, 6.45) is 1.08. The van der Waals surface area contributed by atoms with E-state index >= 15 is 0 Å².